The number of amides is 2. The number of benzene rings is 1. The number of urea groups is 1. The zero-order valence-electron chi connectivity index (χ0n) is 10.7. The van der Waals surface area contributed by atoms with E-state index >= 15 is 0 Å². The van der Waals surface area contributed by atoms with Gasteiger partial charge < -0.3 is 15.7 Å². The van der Waals surface area contributed by atoms with E-state index in [1.54, 1.807) is 13.0 Å². The van der Waals surface area contributed by atoms with Crippen molar-refractivity contribution >= 4 is 17.7 Å². The lowest BCUT2D eigenvalue weighted by Crippen LogP contribution is -2.29. The molecule has 0 saturated carbocycles. The van der Waals surface area contributed by atoms with Crippen LogP contribution in [-0.4, -0.2) is 23.7 Å². The number of carbonyl (C=O) groups excluding carboxylic acids is 1. The molecular formula is C13H17FN2O3. The first-order valence-corrected chi connectivity index (χ1v) is 6.02. The molecule has 0 atom stereocenters. The molecule has 3 N–H and O–H groups in total. The molecule has 1 rings (SSSR count). The first kappa shape index (κ1) is 14.9. The molecule has 0 heterocycles. The van der Waals surface area contributed by atoms with Crippen LogP contribution in [0.1, 0.15) is 24.8 Å². The summed E-state index contributed by atoms with van der Waals surface area (Å²) in [4.78, 5) is 21.7. The van der Waals surface area contributed by atoms with Gasteiger partial charge in [0.25, 0.3) is 0 Å². The molecule has 0 aliphatic heterocycles. The zero-order chi connectivity index (χ0) is 14.3. The van der Waals surface area contributed by atoms with E-state index in [1.807, 2.05) is 0 Å². The summed E-state index contributed by atoms with van der Waals surface area (Å²) in [7, 11) is 0. The topological polar surface area (TPSA) is 78.4 Å². The summed E-state index contributed by atoms with van der Waals surface area (Å²) in [6, 6.07) is 3.92. The Morgan fingerprint density at radius 1 is 1.32 bits per heavy atom. The maximum Gasteiger partial charge on any atom is 0.319 e. The molecule has 6 heteroatoms. The minimum Gasteiger partial charge on any atom is -0.481 e. The van der Waals surface area contributed by atoms with Gasteiger partial charge in [0.05, 0.1) is 0 Å². The van der Waals surface area contributed by atoms with Crippen LogP contribution in [0.15, 0.2) is 18.2 Å². The number of hydrogen-bond donors (Lipinski definition) is 3. The maximum atomic E-state index is 13.0. The Balaban J connectivity index is 2.27. The van der Waals surface area contributed by atoms with Gasteiger partial charge in [-0.3, -0.25) is 4.79 Å². The first-order chi connectivity index (χ1) is 8.99. The van der Waals surface area contributed by atoms with Gasteiger partial charge in [-0.2, -0.15) is 0 Å². The second-order valence-electron chi connectivity index (χ2n) is 4.20. The Bertz CT molecular complexity index is 463. The average molecular weight is 268 g/mol. The Labute approximate surface area is 110 Å². The van der Waals surface area contributed by atoms with Gasteiger partial charge in [0.15, 0.2) is 0 Å². The van der Waals surface area contributed by atoms with Crippen molar-refractivity contribution in [1.29, 1.82) is 0 Å². The summed E-state index contributed by atoms with van der Waals surface area (Å²) in [5.74, 6) is -1.16. The predicted octanol–water partition coefficient (Wildman–Crippen LogP) is 2.51. The molecule has 1 aromatic rings. The molecule has 1 aromatic carbocycles. The van der Waals surface area contributed by atoms with Crippen LogP contribution in [-0.2, 0) is 4.79 Å². The number of aryl methyl sites for hydroxylation is 1. The van der Waals surface area contributed by atoms with Crippen LogP contribution in [0, 0.1) is 12.7 Å². The Morgan fingerprint density at radius 3 is 2.68 bits per heavy atom. The molecule has 0 aliphatic rings. The minimum absolute atomic E-state index is 0.0977. The lowest BCUT2D eigenvalue weighted by Gasteiger charge is -2.08. The molecular weight excluding hydrogens is 251 g/mol. The predicted molar refractivity (Wildman–Crippen MR) is 69.6 cm³/mol. The molecule has 0 aromatic heterocycles. The van der Waals surface area contributed by atoms with Crippen LogP contribution in [0.3, 0.4) is 0 Å². The number of hydrogen-bond acceptors (Lipinski definition) is 2. The third-order valence-corrected chi connectivity index (χ3v) is 2.52. The lowest BCUT2D eigenvalue weighted by molar-refractivity contribution is -0.137. The van der Waals surface area contributed by atoms with Crippen LogP contribution < -0.4 is 10.6 Å². The number of carbonyl (C=O) groups is 2. The van der Waals surface area contributed by atoms with Gasteiger partial charge in [-0.25, -0.2) is 9.18 Å². The molecule has 2 amide bonds. The number of carboxylic acids is 1. The second-order valence-corrected chi connectivity index (χ2v) is 4.20. The molecule has 0 radical (unpaired) electrons. The van der Waals surface area contributed by atoms with Crippen LogP contribution >= 0.6 is 0 Å². The number of unbranched alkanes of at least 4 members (excludes halogenated alkanes) is 1. The van der Waals surface area contributed by atoms with Gasteiger partial charge in [0.1, 0.15) is 5.82 Å². The fourth-order valence-electron chi connectivity index (χ4n) is 1.50. The van der Waals surface area contributed by atoms with Crippen molar-refractivity contribution < 1.29 is 19.1 Å². The Morgan fingerprint density at radius 2 is 2.05 bits per heavy atom. The summed E-state index contributed by atoms with van der Waals surface area (Å²) in [5.41, 5.74) is 0.973. The van der Waals surface area contributed by atoms with Gasteiger partial charge in [-0.15, -0.1) is 0 Å². The number of aliphatic carboxylic acids is 1. The van der Waals surface area contributed by atoms with Crippen molar-refractivity contribution in [2.75, 3.05) is 11.9 Å². The second kappa shape index (κ2) is 7.35. The summed E-state index contributed by atoms with van der Waals surface area (Å²) in [6.45, 7) is 2.02. The highest BCUT2D eigenvalue weighted by Gasteiger charge is 2.03. The Kier molecular flexibility index (Phi) is 5.78. The number of nitrogens with one attached hydrogen (secondary N) is 2. The zero-order valence-corrected chi connectivity index (χ0v) is 10.7. The van der Waals surface area contributed by atoms with E-state index in [0.29, 0.717) is 30.6 Å². The summed E-state index contributed by atoms with van der Waals surface area (Å²) >= 11 is 0. The fourth-order valence-corrected chi connectivity index (χ4v) is 1.50. The molecule has 0 spiro atoms. The van der Waals surface area contributed by atoms with E-state index in [9.17, 15) is 14.0 Å². The van der Waals surface area contributed by atoms with Crippen LogP contribution in [0.4, 0.5) is 14.9 Å². The summed E-state index contributed by atoms with van der Waals surface area (Å²) in [5, 5.41) is 13.6. The first-order valence-electron chi connectivity index (χ1n) is 6.02. The maximum absolute atomic E-state index is 13.0. The number of carboxylic acid groups (broad SMARTS) is 1. The highest BCUT2D eigenvalue weighted by molar-refractivity contribution is 5.89. The molecule has 0 bridgehead atoms. The minimum atomic E-state index is -0.841. The molecule has 5 nitrogen and oxygen atoms in total. The number of halogens is 1. The molecule has 0 fully saturated rings. The van der Waals surface area contributed by atoms with E-state index < -0.39 is 5.97 Å². The van der Waals surface area contributed by atoms with Crippen LogP contribution in [0.25, 0.3) is 0 Å². The van der Waals surface area contributed by atoms with Crippen molar-refractivity contribution in [3.63, 3.8) is 0 Å². The van der Waals surface area contributed by atoms with Gasteiger partial charge in [0.2, 0.25) is 0 Å². The van der Waals surface area contributed by atoms with E-state index in [-0.39, 0.29) is 18.3 Å². The highest BCUT2D eigenvalue weighted by Crippen LogP contribution is 2.13. The van der Waals surface area contributed by atoms with E-state index in [0.717, 1.165) is 0 Å². The Hall–Kier alpha value is -2.11. The lowest BCUT2D eigenvalue weighted by atomic mass is 10.2. The van der Waals surface area contributed by atoms with Crippen molar-refractivity contribution in [3.8, 4) is 0 Å². The monoisotopic (exact) mass is 268 g/mol. The SMILES string of the molecule is Cc1cc(NC(=O)NCCCCC(=O)O)ccc1F. The summed E-state index contributed by atoms with van der Waals surface area (Å²) in [6.07, 6.45) is 1.22. The average Bonchev–Trinajstić information content (AvgIpc) is 2.33. The molecule has 0 saturated heterocycles. The smallest absolute Gasteiger partial charge is 0.319 e. The van der Waals surface area contributed by atoms with Gasteiger partial charge in [-0.1, -0.05) is 0 Å². The molecule has 0 aliphatic carbocycles. The molecule has 19 heavy (non-hydrogen) atoms. The molecule has 104 valence electrons. The van der Waals surface area contributed by atoms with Crippen molar-refractivity contribution in [2.24, 2.45) is 0 Å². The fraction of sp³-hybridized carbons (Fsp3) is 0.385. The number of rotatable bonds is 6. The van der Waals surface area contributed by atoms with E-state index in [4.69, 9.17) is 5.11 Å². The van der Waals surface area contributed by atoms with E-state index in [1.165, 1.54) is 12.1 Å². The molecule has 0 unspecified atom stereocenters. The van der Waals surface area contributed by atoms with Crippen molar-refractivity contribution in [3.05, 3.63) is 29.6 Å². The third-order valence-electron chi connectivity index (χ3n) is 2.52. The van der Waals surface area contributed by atoms with Gasteiger partial charge in [0, 0.05) is 18.7 Å². The highest BCUT2D eigenvalue weighted by atomic mass is 19.1. The largest absolute Gasteiger partial charge is 0.481 e. The summed E-state index contributed by atoms with van der Waals surface area (Å²) < 4.78 is 13.0. The quantitative estimate of drug-likeness (QED) is 0.694. The standard InChI is InChI=1S/C13H17FN2O3/c1-9-8-10(5-6-11(9)14)16-13(19)15-7-3-2-4-12(17)18/h5-6,8H,2-4,7H2,1H3,(H,17,18)(H2,15,16,19). The van der Waals surface area contributed by atoms with Crippen LogP contribution in [0.2, 0.25) is 0 Å². The van der Waals surface area contributed by atoms with E-state index in [2.05, 4.69) is 10.6 Å². The van der Waals surface area contributed by atoms with Crippen LogP contribution in [0.5, 0.6) is 0 Å². The van der Waals surface area contributed by atoms with Gasteiger partial charge in [-0.05, 0) is 43.5 Å². The van der Waals surface area contributed by atoms with Crippen molar-refractivity contribution in [1.82, 2.24) is 5.32 Å². The van der Waals surface area contributed by atoms with Gasteiger partial charge >= 0.3 is 12.0 Å². The van der Waals surface area contributed by atoms with Crippen molar-refractivity contribution in [2.45, 2.75) is 26.2 Å². The third kappa shape index (κ3) is 5.85. The number of anilines is 1. The normalized spacial score (nSPS) is 10.0.